The van der Waals surface area contributed by atoms with Gasteiger partial charge in [0.15, 0.2) is 5.69 Å². The van der Waals surface area contributed by atoms with Crippen molar-refractivity contribution in [3.05, 3.63) is 17.5 Å². The largest absolute Gasteiger partial charge is 0.481 e. The van der Waals surface area contributed by atoms with Gasteiger partial charge in [0, 0.05) is 19.3 Å². The maximum Gasteiger partial charge on any atom is 0.435 e. The van der Waals surface area contributed by atoms with Crippen LogP contribution in [-0.2, 0) is 21.3 Å². The van der Waals surface area contributed by atoms with Crippen LogP contribution in [-0.4, -0.2) is 44.8 Å². The average Bonchev–Trinajstić information content (AvgIpc) is 2.89. The lowest BCUT2D eigenvalue weighted by atomic mass is 9.95. The van der Waals surface area contributed by atoms with Gasteiger partial charge in [-0.05, 0) is 39.2 Å². The number of amides is 1. The molecule has 0 saturated carbocycles. The van der Waals surface area contributed by atoms with Crippen LogP contribution in [0.3, 0.4) is 0 Å². The Morgan fingerprint density at radius 2 is 1.96 bits per heavy atom. The Hall–Kier alpha value is -2.06. The van der Waals surface area contributed by atoms with Crippen LogP contribution in [0.4, 0.5) is 13.2 Å². The fourth-order valence-electron chi connectivity index (χ4n) is 2.87. The molecule has 0 radical (unpaired) electrons. The van der Waals surface area contributed by atoms with Crippen LogP contribution in [0.15, 0.2) is 6.20 Å². The molecule has 1 saturated heterocycles. The standard InChI is InChI=1S/C15H20F3N3O3/c1-9-7-21(19-11(9)15(16,17)18)14(2,3)13(24)20-6-4-5-10(8-20)12(22)23/h7,10H,4-6,8H2,1-3H3,(H,22,23). The lowest BCUT2D eigenvalue weighted by Crippen LogP contribution is -2.51. The fraction of sp³-hybridized carbons (Fsp3) is 0.667. The molecule has 1 aromatic rings. The van der Waals surface area contributed by atoms with E-state index in [2.05, 4.69) is 5.10 Å². The first-order chi connectivity index (χ1) is 10.9. The molecule has 0 aromatic carbocycles. The molecule has 9 heteroatoms. The van der Waals surface area contributed by atoms with Crippen molar-refractivity contribution in [2.45, 2.75) is 45.3 Å². The summed E-state index contributed by atoms with van der Waals surface area (Å²) >= 11 is 0. The zero-order chi connectivity index (χ0) is 18.3. The number of aromatic nitrogens is 2. The maximum absolute atomic E-state index is 12.9. The average molecular weight is 347 g/mol. The maximum atomic E-state index is 12.9. The van der Waals surface area contributed by atoms with E-state index < -0.39 is 35.2 Å². The number of hydrogen-bond donors (Lipinski definition) is 1. The van der Waals surface area contributed by atoms with Gasteiger partial charge in [-0.15, -0.1) is 0 Å². The summed E-state index contributed by atoms with van der Waals surface area (Å²) in [5, 5.41) is 12.7. The number of aliphatic carboxylic acids is 1. The Morgan fingerprint density at radius 3 is 2.46 bits per heavy atom. The third-order valence-electron chi connectivity index (χ3n) is 4.32. The van der Waals surface area contributed by atoms with Crippen LogP contribution in [0.1, 0.15) is 37.9 Å². The highest BCUT2D eigenvalue weighted by Gasteiger charge is 2.41. The molecule has 2 rings (SSSR count). The monoisotopic (exact) mass is 347 g/mol. The second kappa shape index (κ2) is 6.10. The van der Waals surface area contributed by atoms with Crippen molar-refractivity contribution in [2.24, 2.45) is 5.92 Å². The van der Waals surface area contributed by atoms with Crippen molar-refractivity contribution >= 4 is 11.9 Å². The Labute approximate surface area is 137 Å². The SMILES string of the molecule is Cc1cn(C(C)(C)C(=O)N2CCCC(C(=O)O)C2)nc1C(F)(F)F. The number of likely N-dealkylation sites (tertiary alicyclic amines) is 1. The molecule has 1 unspecified atom stereocenters. The molecular weight excluding hydrogens is 327 g/mol. The van der Waals surface area contributed by atoms with Gasteiger partial charge in [-0.2, -0.15) is 18.3 Å². The van der Waals surface area contributed by atoms with Crippen LogP contribution >= 0.6 is 0 Å². The van der Waals surface area contributed by atoms with Gasteiger partial charge >= 0.3 is 12.1 Å². The number of nitrogens with zero attached hydrogens (tertiary/aromatic N) is 3. The molecule has 0 aliphatic carbocycles. The second-order valence-electron chi connectivity index (χ2n) is 6.59. The van der Waals surface area contributed by atoms with Gasteiger partial charge in [0.2, 0.25) is 5.91 Å². The third kappa shape index (κ3) is 3.39. The summed E-state index contributed by atoms with van der Waals surface area (Å²) in [5.41, 5.74) is -2.43. The van der Waals surface area contributed by atoms with E-state index in [-0.39, 0.29) is 12.1 Å². The number of halogens is 3. The number of rotatable bonds is 3. The predicted octanol–water partition coefficient (Wildman–Crippen LogP) is 2.27. The van der Waals surface area contributed by atoms with Crippen LogP contribution in [0, 0.1) is 12.8 Å². The molecule has 24 heavy (non-hydrogen) atoms. The van der Waals surface area contributed by atoms with Gasteiger partial charge in [-0.1, -0.05) is 0 Å². The molecule has 1 amide bonds. The normalized spacial score (nSPS) is 19.4. The summed E-state index contributed by atoms with van der Waals surface area (Å²) in [5.74, 6) is -2.06. The molecule has 1 atom stereocenters. The van der Waals surface area contributed by atoms with Crippen molar-refractivity contribution < 1.29 is 27.9 Å². The van der Waals surface area contributed by atoms with E-state index in [1.54, 1.807) is 0 Å². The van der Waals surface area contributed by atoms with Crippen LogP contribution in [0.5, 0.6) is 0 Å². The van der Waals surface area contributed by atoms with Crippen LogP contribution in [0.25, 0.3) is 0 Å². The highest BCUT2D eigenvalue weighted by atomic mass is 19.4. The Balaban J connectivity index is 2.26. The first-order valence-electron chi connectivity index (χ1n) is 7.60. The number of alkyl halides is 3. The predicted molar refractivity (Wildman–Crippen MR) is 78.2 cm³/mol. The van der Waals surface area contributed by atoms with Gasteiger partial charge in [-0.25, -0.2) is 0 Å². The van der Waals surface area contributed by atoms with Gasteiger partial charge < -0.3 is 10.0 Å². The molecule has 6 nitrogen and oxygen atoms in total. The van der Waals surface area contributed by atoms with Gasteiger partial charge in [0.25, 0.3) is 0 Å². The van der Waals surface area contributed by atoms with E-state index >= 15 is 0 Å². The molecule has 1 aliphatic rings. The van der Waals surface area contributed by atoms with E-state index in [0.717, 1.165) is 4.68 Å². The van der Waals surface area contributed by atoms with Crippen LogP contribution in [0.2, 0.25) is 0 Å². The first-order valence-corrected chi connectivity index (χ1v) is 7.60. The van der Waals surface area contributed by atoms with Crippen molar-refractivity contribution in [1.29, 1.82) is 0 Å². The summed E-state index contributed by atoms with van der Waals surface area (Å²) < 4.78 is 39.7. The molecule has 1 aromatic heterocycles. The van der Waals surface area contributed by atoms with E-state index in [0.29, 0.717) is 19.4 Å². The summed E-state index contributed by atoms with van der Waals surface area (Å²) in [6.45, 7) is 4.69. The van der Waals surface area contributed by atoms with Gasteiger partial charge in [-0.3, -0.25) is 14.3 Å². The highest BCUT2D eigenvalue weighted by molar-refractivity contribution is 5.84. The second-order valence-corrected chi connectivity index (χ2v) is 6.59. The fourth-order valence-corrected chi connectivity index (χ4v) is 2.87. The van der Waals surface area contributed by atoms with E-state index in [1.165, 1.54) is 31.9 Å². The zero-order valence-corrected chi connectivity index (χ0v) is 13.7. The highest BCUT2D eigenvalue weighted by Crippen LogP contribution is 2.32. The summed E-state index contributed by atoms with van der Waals surface area (Å²) in [4.78, 5) is 25.3. The summed E-state index contributed by atoms with van der Waals surface area (Å²) in [6, 6.07) is 0. The molecule has 1 aliphatic heterocycles. The molecule has 134 valence electrons. The van der Waals surface area contributed by atoms with Crippen molar-refractivity contribution in [3.8, 4) is 0 Å². The number of carboxylic acids is 1. The molecule has 1 N–H and O–H groups in total. The minimum atomic E-state index is -4.59. The number of aryl methyl sites for hydroxylation is 1. The van der Waals surface area contributed by atoms with Crippen molar-refractivity contribution in [3.63, 3.8) is 0 Å². The molecule has 0 spiro atoms. The number of carboxylic acid groups (broad SMARTS) is 1. The number of piperidine rings is 1. The molecule has 2 heterocycles. The number of carbonyl (C=O) groups excluding carboxylic acids is 1. The number of carbonyl (C=O) groups is 2. The smallest absolute Gasteiger partial charge is 0.435 e. The van der Waals surface area contributed by atoms with Crippen molar-refractivity contribution in [2.75, 3.05) is 13.1 Å². The summed E-state index contributed by atoms with van der Waals surface area (Å²) in [6.07, 6.45) is -2.36. The molecular formula is C15H20F3N3O3. The Kier molecular flexibility index (Phi) is 4.65. The number of hydrogen-bond acceptors (Lipinski definition) is 3. The first kappa shape index (κ1) is 18.3. The van der Waals surface area contributed by atoms with Gasteiger partial charge in [0.1, 0.15) is 5.54 Å². The van der Waals surface area contributed by atoms with E-state index in [9.17, 15) is 22.8 Å². The Morgan fingerprint density at radius 1 is 1.33 bits per heavy atom. The lowest BCUT2D eigenvalue weighted by Gasteiger charge is -2.36. The zero-order valence-electron chi connectivity index (χ0n) is 13.7. The third-order valence-corrected chi connectivity index (χ3v) is 4.32. The topological polar surface area (TPSA) is 75.4 Å². The van der Waals surface area contributed by atoms with Gasteiger partial charge in [0.05, 0.1) is 5.92 Å². The Bertz CT molecular complexity index is 652. The quantitative estimate of drug-likeness (QED) is 0.910. The minimum Gasteiger partial charge on any atom is -0.481 e. The van der Waals surface area contributed by atoms with Crippen molar-refractivity contribution in [1.82, 2.24) is 14.7 Å². The van der Waals surface area contributed by atoms with E-state index in [1.807, 2.05) is 0 Å². The lowest BCUT2D eigenvalue weighted by molar-refractivity contribution is -0.149. The molecule has 0 bridgehead atoms. The minimum absolute atomic E-state index is 0.0595. The van der Waals surface area contributed by atoms with E-state index in [4.69, 9.17) is 5.11 Å². The summed E-state index contributed by atoms with van der Waals surface area (Å²) in [7, 11) is 0. The molecule has 1 fully saturated rings. The van der Waals surface area contributed by atoms with Crippen LogP contribution < -0.4 is 0 Å².